The van der Waals surface area contributed by atoms with Crippen LogP contribution in [0.4, 0.5) is 5.95 Å². The van der Waals surface area contributed by atoms with Crippen LogP contribution in [0.2, 0.25) is 5.02 Å². The fourth-order valence-corrected chi connectivity index (χ4v) is 3.98. The second-order valence-electron chi connectivity index (χ2n) is 7.72. The van der Waals surface area contributed by atoms with Gasteiger partial charge in [-0.1, -0.05) is 29.8 Å². The van der Waals surface area contributed by atoms with Gasteiger partial charge in [0.05, 0.1) is 12.0 Å². The van der Waals surface area contributed by atoms with Crippen LogP contribution in [0.1, 0.15) is 49.8 Å². The second-order valence-corrected chi connectivity index (χ2v) is 8.13. The maximum atomic E-state index is 12.7. The molecule has 2 N–H and O–H groups in total. The summed E-state index contributed by atoms with van der Waals surface area (Å²) < 4.78 is 2.01. The summed E-state index contributed by atoms with van der Waals surface area (Å²) >= 11 is 6.20. The van der Waals surface area contributed by atoms with Gasteiger partial charge in [-0.05, 0) is 50.8 Å². The molecule has 2 aromatic heterocycles. The van der Waals surface area contributed by atoms with Gasteiger partial charge >= 0.3 is 0 Å². The normalized spacial score (nSPS) is 16.6. The Hall–Kier alpha value is -2.44. The lowest BCUT2D eigenvalue weighted by Gasteiger charge is -2.29. The molecule has 4 rings (SSSR count). The van der Waals surface area contributed by atoms with Gasteiger partial charge < -0.3 is 5.11 Å². The summed E-state index contributed by atoms with van der Waals surface area (Å²) in [6.07, 6.45) is 4.93. The zero-order valence-electron chi connectivity index (χ0n) is 15.9. The van der Waals surface area contributed by atoms with Crippen molar-refractivity contribution in [3.63, 3.8) is 0 Å². The number of hydrogen-bond acceptors (Lipinski definition) is 4. The van der Waals surface area contributed by atoms with Gasteiger partial charge in [0.15, 0.2) is 5.65 Å². The van der Waals surface area contributed by atoms with Crippen molar-refractivity contribution in [2.75, 3.05) is 5.32 Å². The number of hydrogen-bond donors (Lipinski definition) is 2. The van der Waals surface area contributed by atoms with E-state index in [0.717, 1.165) is 36.0 Å². The number of aromatic nitrogens is 3. The highest BCUT2D eigenvalue weighted by molar-refractivity contribution is 6.31. The lowest BCUT2D eigenvalue weighted by molar-refractivity contribution is -0.120. The van der Waals surface area contributed by atoms with Gasteiger partial charge in [0.1, 0.15) is 5.52 Å². The number of anilines is 1. The van der Waals surface area contributed by atoms with Crippen LogP contribution in [0.5, 0.6) is 0 Å². The molecule has 1 fully saturated rings. The Labute approximate surface area is 168 Å². The molecule has 0 spiro atoms. The number of benzene rings is 1. The highest BCUT2D eigenvalue weighted by Crippen LogP contribution is 2.37. The van der Waals surface area contributed by atoms with Crippen LogP contribution < -0.4 is 5.32 Å². The molecule has 1 aliphatic carbocycles. The maximum absolute atomic E-state index is 12.7. The first-order valence-electron chi connectivity index (χ1n) is 9.47. The summed E-state index contributed by atoms with van der Waals surface area (Å²) in [5.74, 6) is 0.162. The Bertz CT molecular complexity index is 1040. The lowest BCUT2D eigenvalue weighted by atomic mass is 9.92. The fraction of sp³-hybridized carbons (Fsp3) is 0.381. The minimum Gasteiger partial charge on any atom is -0.385 e. The van der Waals surface area contributed by atoms with E-state index in [2.05, 4.69) is 15.3 Å². The van der Waals surface area contributed by atoms with Crippen molar-refractivity contribution in [2.24, 2.45) is 0 Å². The number of pyridine rings is 1. The number of carbonyl (C=O) groups excluding carboxylic acids is 1. The summed E-state index contributed by atoms with van der Waals surface area (Å²) in [7, 11) is 0. The van der Waals surface area contributed by atoms with Crippen LogP contribution in [0.25, 0.3) is 11.2 Å². The monoisotopic (exact) mass is 398 g/mol. The first-order valence-corrected chi connectivity index (χ1v) is 9.85. The molecule has 6 nitrogen and oxygen atoms in total. The van der Waals surface area contributed by atoms with Gasteiger partial charge in [-0.15, -0.1) is 0 Å². The van der Waals surface area contributed by atoms with E-state index in [0.29, 0.717) is 22.6 Å². The molecule has 0 aliphatic heterocycles. The lowest BCUT2D eigenvalue weighted by Crippen LogP contribution is -2.30. The Morgan fingerprint density at radius 1 is 1.39 bits per heavy atom. The number of nitrogens with one attached hydrogen (secondary N) is 1. The van der Waals surface area contributed by atoms with Crippen LogP contribution in [-0.4, -0.2) is 25.5 Å². The molecule has 28 heavy (non-hydrogen) atoms. The molecule has 0 saturated heterocycles. The molecular weight excluding hydrogens is 376 g/mol. The first-order chi connectivity index (χ1) is 13.3. The van der Waals surface area contributed by atoms with Gasteiger partial charge in [-0.25, -0.2) is 9.97 Å². The first kappa shape index (κ1) is 18.9. The van der Waals surface area contributed by atoms with E-state index < -0.39 is 5.60 Å². The summed E-state index contributed by atoms with van der Waals surface area (Å²) in [5, 5.41) is 14.2. The topological polar surface area (TPSA) is 80.0 Å². The number of rotatable bonds is 5. The molecule has 1 saturated carbocycles. The van der Waals surface area contributed by atoms with E-state index >= 15 is 0 Å². The summed E-state index contributed by atoms with van der Waals surface area (Å²) in [4.78, 5) is 21.9. The van der Waals surface area contributed by atoms with Gasteiger partial charge in [0.2, 0.25) is 11.9 Å². The number of nitrogens with zero attached hydrogens (tertiary/aromatic N) is 3. The summed E-state index contributed by atoms with van der Waals surface area (Å²) in [6.45, 7) is 3.56. The molecule has 3 aromatic rings. The van der Waals surface area contributed by atoms with E-state index in [1.807, 2.05) is 23.8 Å². The number of fused-ring (bicyclic) bond motifs is 1. The van der Waals surface area contributed by atoms with Crippen LogP contribution in [-0.2, 0) is 10.4 Å². The minimum atomic E-state index is -1.38. The van der Waals surface area contributed by atoms with Crippen molar-refractivity contribution in [1.29, 1.82) is 0 Å². The zero-order valence-corrected chi connectivity index (χ0v) is 16.7. The number of halogens is 1. The van der Waals surface area contributed by atoms with E-state index in [1.54, 1.807) is 31.2 Å². The maximum Gasteiger partial charge on any atom is 0.229 e. The van der Waals surface area contributed by atoms with E-state index in [9.17, 15) is 9.90 Å². The van der Waals surface area contributed by atoms with Crippen molar-refractivity contribution in [3.05, 3.63) is 52.7 Å². The molecule has 1 aromatic carbocycles. The standard InChI is InChI=1S/C21H23ClN4O2/c1-13-10-17-19(23-12-13)26(14-6-5-7-14)20(24-17)25-18(27)11-21(2,28)15-8-3-4-9-16(15)22/h3-4,8-10,12,14,28H,5-7,11H2,1-2H3,(H,24,25,27)/t21-/m0/s1. The summed E-state index contributed by atoms with van der Waals surface area (Å²) in [6, 6.07) is 9.27. The smallest absolute Gasteiger partial charge is 0.229 e. The van der Waals surface area contributed by atoms with E-state index in [4.69, 9.17) is 11.6 Å². The molecule has 1 aliphatic rings. The molecule has 1 amide bonds. The fourth-order valence-electron chi connectivity index (χ4n) is 3.64. The molecule has 7 heteroatoms. The van der Waals surface area contributed by atoms with E-state index in [-0.39, 0.29) is 12.3 Å². The summed E-state index contributed by atoms with van der Waals surface area (Å²) in [5.41, 5.74) is 1.70. The number of carbonyl (C=O) groups is 1. The largest absolute Gasteiger partial charge is 0.385 e. The van der Waals surface area contributed by atoms with Crippen LogP contribution in [0.15, 0.2) is 36.5 Å². The molecule has 146 valence electrons. The molecular formula is C21H23ClN4O2. The Morgan fingerprint density at radius 3 is 2.82 bits per heavy atom. The Morgan fingerprint density at radius 2 is 2.14 bits per heavy atom. The average Bonchev–Trinajstić information content (AvgIpc) is 2.90. The van der Waals surface area contributed by atoms with Crippen LogP contribution >= 0.6 is 11.6 Å². The highest BCUT2D eigenvalue weighted by atomic mass is 35.5. The molecule has 0 unspecified atom stereocenters. The third-order valence-corrected chi connectivity index (χ3v) is 5.65. The molecule has 0 bridgehead atoms. The number of amides is 1. The van der Waals surface area contributed by atoms with Crippen molar-refractivity contribution in [1.82, 2.24) is 14.5 Å². The highest BCUT2D eigenvalue weighted by Gasteiger charge is 2.31. The average molecular weight is 399 g/mol. The van der Waals surface area contributed by atoms with Crippen LogP contribution in [0, 0.1) is 6.92 Å². The third kappa shape index (κ3) is 3.50. The molecule has 1 atom stereocenters. The van der Waals surface area contributed by atoms with Crippen molar-refractivity contribution in [2.45, 2.75) is 51.2 Å². The van der Waals surface area contributed by atoms with Crippen molar-refractivity contribution < 1.29 is 9.90 Å². The number of aliphatic hydroxyl groups is 1. The quantitative estimate of drug-likeness (QED) is 0.669. The molecule has 0 radical (unpaired) electrons. The van der Waals surface area contributed by atoms with E-state index in [1.165, 1.54) is 0 Å². The molecule has 2 heterocycles. The van der Waals surface area contributed by atoms with Gasteiger partial charge in [0, 0.05) is 22.8 Å². The van der Waals surface area contributed by atoms with Gasteiger partial charge in [0.25, 0.3) is 0 Å². The number of imidazole rings is 1. The second kappa shape index (κ2) is 7.18. The minimum absolute atomic E-state index is 0.128. The predicted octanol–water partition coefficient (Wildman–Crippen LogP) is 4.35. The van der Waals surface area contributed by atoms with Gasteiger partial charge in [-0.2, -0.15) is 0 Å². The Balaban J connectivity index is 1.61. The van der Waals surface area contributed by atoms with Crippen molar-refractivity contribution in [3.8, 4) is 0 Å². The third-order valence-electron chi connectivity index (χ3n) is 5.32. The Kier molecular flexibility index (Phi) is 4.85. The SMILES string of the molecule is Cc1cnc2c(c1)nc(NC(=O)C[C@](C)(O)c1ccccc1Cl)n2C1CCC1. The zero-order chi connectivity index (χ0) is 19.9. The van der Waals surface area contributed by atoms with Crippen LogP contribution in [0.3, 0.4) is 0 Å². The van der Waals surface area contributed by atoms with Gasteiger partial charge in [-0.3, -0.25) is 14.7 Å². The number of aryl methyl sites for hydroxylation is 1. The predicted molar refractivity (Wildman–Crippen MR) is 109 cm³/mol. The van der Waals surface area contributed by atoms with Crippen molar-refractivity contribution >= 4 is 34.6 Å².